The Morgan fingerprint density at radius 1 is 0.950 bits per heavy atom. The summed E-state index contributed by atoms with van der Waals surface area (Å²) in [5, 5.41) is 0. The van der Waals surface area contributed by atoms with E-state index in [1.807, 2.05) is 31.2 Å². The van der Waals surface area contributed by atoms with Crippen molar-refractivity contribution >= 4 is 17.5 Å². The van der Waals surface area contributed by atoms with Crippen molar-refractivity contribution in [3.8, 4) is 0 Å². The molecule has 0 aliphatic heterocycles. The quantitative estimate of drug-likeness (QED) is 0.359. The lowest BCUT2D eigenvalue weighted by molar-refractivity contribution is -0.146. The lowest BCUT2D eigenvalue weighted by Gasteiger charge is -2.11. The lowest BCUT2D eigenvalue weighted by atomic mass is 10.0. The van der Waals surface area contributed by atoms with Gasteiger partial charge in [-0.3, -0.25) is 0 Å². The van der Waals surface area contributed by atoms with Crippen LogP contribution in [0.3, 0.4) is 0 Å². The van der Waals surface area contributed by atoms with E-state index in [4.69, 9.17) is 9.47 Å². The maximum absolute atomic E-state index is 12.0. The second kappa shape index (κ2) is 7.48. The van der Waals surface area contributed by atoms with E-state index >= 15 is 0 Å². The number of allylic oxidation sites excluding steroid dienone is 1. The molecule has 1 aromatic carbocycles. The molecule has 0 unspecified atom stereocenters. The molecule has 1 rings (SSSR count). The molecule has 0 bridgehead atoms. The van der Waals surface area contributed by atoms with Crippen LogP contribution in [0, 0.1) is 6.92 Å². The number of hydrogen-bond donors (Lipinski definition) is 0. The zero-order valence-electron chi connectivity index (χ0n) is 12.4. The molecule has 0 radical (unpaired) electrons. The summed E-state index contributed by atoms with van der Waals surface area (Å²) in [6, 6.07) is 7.58. The van der Waals surface area contributed by atoms with Crippen LogP contribution in [0.15, 0.2) is 29.8 Å². The third-order valence-corrected chi connectivity index (χ3v) is 2.82. The van der Waals surface area contributed by atoms with Crippen molar-refractivity contribution in [1.29, 1.82) is 0 Å². The monoisotopic (exact) mass is 276 g/mol. The molecular formula is C16H20O4. The Morgan fingerprint density at radius 2 is 1.40 bits per heavy atom. The predicted octanol–water partition coefficient (Wildman–Crippen LogP) is 2.89. The Kier molecular flexibility index (Phi) is 5.97. The van der Waals surface area contributed by atoms with Gasteiger partial charge < -0.3 is 9.47 Å². The average molecular weight is 276 g/mol. The minimum absolute atomic E-state index is 0.0439. The van der Waals surface area contributed by atoms with Crippen molar-refractivity contribution in [2.24, 2.45) is 0 Å². The van der Waals surface area contributed by atoms with Crippen LogP contribution in [-0.4, -0.2) is 25.2 Å². The maximum atomic E-state index is 12.0. The van der Waals surface area contributed by atoms with Gasteiger partial charge in [-0.15, -0.1) is 0 Å². The van der Waals surface area contributed by atoms with Gasteiger partial charge in [-0.25, -0.2) is 9.59 Å². The van der Waals surface area contributed by atoms with Crippen LogP contribution in [0.2, 0.25) is 0 Å². The maximum Gasteiger partial charge on any atom is 0.345 e. The van der Waals surface area contributed by atoms with E-state index in [9.17, 15) is 9.59 Å². The van der Waals surface area contributed by atoms with Crippen LogP contribution in [-0.2, 0) is 19.1 Å². The summed E-state index contributed by atoms with van der Waals surface area (Å²) in [6.07, 6.45) is 0. The average Bonchev–Trinajstić information content (AvgIpc) is 2.40. The van der Waals surface area contributed by atoms with Gasteiger partial charge in [0.2, 0.25) is 0 Å². The van der Waals surface area contributed by atoms with Gasteiger partial charge in [0.15, 0.2) is 0 Å². The molecular weight excluding hydrogens is 256 g/mol. The number of benzene rings is 1. The van der Waals surface area contributed by atoms with Crippen molar-refractivity contribution in [3.63, 3.8) is 0 Å². The van der Waals surface area contributed by atoms with Gasteiger partial charge in [-0.2, -0.15) is 0 Å². The highest BCUT2D eigenvalue weighted by Crippen LogP contribution is 2.21. The van der Waals surface area contributed by atoms with Crippen LogP contribution in [0.5, 0.6) is 0 Å². The minimum atomic E-state index is -0.649. The highest BCUT2D eigenvalue weighted by molar-refractivity contribution is 6.19. The van der Waals surface area contributed by atoms with Crippen LogP contribution < -0.4 is 0 Å². The van der Waals surface area contributed by atoms with Gasteiger partial charge in [-0.05, 0) is 38.8 Å². The molecule has 0 aromatic heterocycles. The Morgan fingerprint density at radius 3 is 1.80 bits per heavy atom. The second-order valence-electron chi connectivity index (χ2n) is 4.31. The molecule has 4 heteroatoms. The summed E-state index contributed by atoms with van der Waals surface area (Å²) < 4.78 is 9.88. The molecule has 20 heavy (non-hydrogen) atoms. The molecule has 0 aliphatic carbocycles. The Bertz CT molecular complexity index is 492. The molecule has 0 saturated carbocycles. The Labute approximate surface area is 119 Å². The number of carbonyl (C=O) groups is 2. The summed E-state index contributed by atoms with van der Waals surface area (Å²) in [4.78, 5) is 23.9. The fraction of sp³-hybridized carbons (Fsp3) is 0.375. The number of aryl methyl sites for hydroxylation is 1. The van der Waals surface area contributed by atoms with E-state index < -0.39 is 11.9 Å². The van der Waals surface area contributed by atoms with Crippen LogP contribution in [0.1, 0.15) is 31.9 Å². The highest BCUT2D eigenvalue weighted by Gasteiger charge is 2.24. The van der Waals surface area contributed by atoms with Crippen molar-refractivity contribution in [2.75, 3.05) is 13.2 Å². The third-order valence-electron chi connectivity index (χ3n) is 2.82. The van der Waals surface area contributed by atoms with E-state index in [1.54, 1.807) is 20.8 Å². The van der Waals surface area contributed by atoms with E-state index in [0.717, 1.165) is 11.1 Å². The zero-order valence-corrected chi connectivity index (χ0v) is 12.4. The fourth-order valence-corrected chi connectivity index (χ4v) is 1.74. The molecule has 4 nitrogen and oxygen atoms in total. The van der Waals surface area contributed by atoms with Crippen molar-refractivity contribution < 1.29 is 19.1 Å². The largest absolute Gasteiger partial charge is 0.462 e. The first-order valence-electron chi connectivity index (χ1n) is 6.63. The van der Waals surface area contributed by atoms with E-state index in [2.05, 4.69) is 0 Å². The molecule has 0 saturated heterocycles. The predicted molar refractivity (Wildman–Crippen MR) is 77.0 cm³/mol. The van der Waals surface area contributed by atoms with Gasteiger partial charge in [0.25, 0.3) is 0 Å². The Balaban J connectivity index is 3.24. The summed E-state index contributed by atoms with van der Waals surface area (Å²) in [5.41, 5.74) is 2.42. The highest BCUT2D eigenvalue weighted by atomic mass is 16.6. The van der Waals surface area contributed by atoms with E-state index in [1.165, 1.54) is 0 Å². The van der Waals surface area contributed by atoms with Crippen molar-refractivity contribution in [2.45, 2.75) is 27.7 Å². The summed E-state index contributed by atoms with van der Waals surface area (Å²) >= 11 is 0. The SMILES string of the molecule is CCOC(=O)C(C(=O)OCC)=C(C)c1ccc(C)cc1. The second-order valence-corrected chi connectivity index (χ2v) is 4.31. The normalized spacial score (nSPS) is 9.80. The number of ether oxygens (including phenoxy) is 2. The summed E-state index contributed by atoms with van der Waals surface area (Å²) in [6.45, 7) is 7.50. The first-order valence-corrected chi connectivity index (χ1v) is 6.63. The molecule has 0 N–H and O–H groups in total. The zero-order chi connectivity index (χ0) is 15.1. The van der Waals surface area contributed by atoms with E-state index in [0.29, 0.717) is 5.57 Å². The minimum Gasteiger partial charge on any atom is -0.462 e. The fourth-order valence-electron chi connectivity index (χ4n) is 1.74. The topological polar surface area (TPSA) is 52.6 Å². The first kappa shape index (κ1) is 16.0. The molecule has 0 amide bonds. The number of esters is 2. The van der Waals surface area contributed by atoms with Crippen LogP contribution in [0.25, 0.3) is 5.57 Å². The first-order chi connectivity index (χ1) is 9.51. The van der Waals surface area contributed by atoms with Gasteiger partial charge in [0.1, 0.15) is 5.57 Å². The molecule has 0 aliphatic rings. The van der Waals surface area contributed by atoms with Gasteiger partial charge in [0.05, 0.1) is 13.2 Å². The molecule has 1 aromatic rings. The van der Waals surface area contributed by atoms with Gasteiger partial charge >= 0.3 is 11.9 Å². The van der Waals surface area contributed by atoms with Crippen LogP contribution >= 0.6 is 0 Å². The standard InChI is InChI=1S/C16H20O4/c1-5-19-15(17)14(16(18)20-6-2)12(4)13-9-7-11(3)8-10-13/h7-10H,5-6H2,1-4H3. The molecule has 108 valence electrons. The smallest absolute Gasteiger partial charge is 0.345 e. The number of rotatable bonds is 5. The number of carbonyl (C=O) groups excluding carboxylic acids is 2. The molecule has 0 spiro atoms. The third kappa shape index (κ3) is 3.95. The molecule has 0 fully saturated rings. The Hall–Kier alpha value is -2.10. The van der Waals surface area contributed by atoms with Crippen LogP contribution in [0.4, 0.5) is 0 Å². The van der Waals surface area contributed by atoms with E-state index in [-0.39, 0.29) is 18.8 Å². The summed E-state index contributed by atoms with van der Waals surface area (Å²) in [7, 11) is 0. The van der Waals surface area contributed by atoms with Crippen molar-refractivity contribution in [3.05, 3.63) is 41.0 Å². The summed E-state index contributed by atoms with van der Waals surface area (Å²) in [5.74, 6) is -1.30. The van der Waals surface area contributed by atoms with Gasteiger partial charge in [0, 0.05) is 0 Å². The molecule has 0 heterocycles. The number of hydrogen-bond acceptors (Lipinski definition) is 4. The lowest BCUT2D eigenvalue weighted by Crippen LogP contribution is -2.19. The molecule has 0 atom stereocenters. The van der Waals surface area contributed by atoms with Crippen molar-refractivity contribution in [1.82, 2.24) is 0 Å². The van der Waals surface area contributed by atoms with Gasteiger partial charge in [-0.1, -0.05) is 29.8 Å².